The molecule has 0 bridgehead atoms. The van der Waals surface area contributed by atoms with Crippen molar-refractivity contribution >= 4 is 29.9 Å². The van der Waals surface area contributed by atoms with Crippen LogP contribution < -0.4 is 10.6 Å². The normalized spacial score (nSPS) is 10.1. The standard InChI is InChI=1S/C15H19ClN4O.ClH/c1-2-6-17-7-8-18-15(21)13-10-19-20-14(13)11-4-3-5-12(16)9-11;/h3-5,9-10,17H,2,6-8H2,1H3,(H,18,21)(H,19,20);1H. The summed E-state index contributed by atoms with van der Waals surface area (Å²) in [6.07, 6.45) is 2.61. The van der Waals surface area contributed by atoms with E-state index < -0.39 is 0 Å². The molecule has 1 heterocycles. The summed E-state index contributed by atoms with van der Waals surface area (Å²) in [5, 5.41) is 13.5. The van der Waals surface area contributed by atoms with Crippen molar-refractivity contribution in [3.05, 3.63) is 41.0 Å². The predicted octanol–water partition coefficient (Wildman–Crippen LogP) is 2.88. The van der Waals surface area contributed by atoms with E-state index in [1.807, 2.05) is 12.1 Å². The first-order valence-corrected chi connectivity index (χ1v) is 7.38. The van der Waals surface area contributed by atoms with Crippen molar-refractivity contribution in [1.82, 2.24) is 20.8 Å². The number of aromatic nitrogens is 2. The summed E-state index contributed by atoms with van der Waals surface area (Å²) in [7, 11) is 0. The van der Waals surface area contributed by atoms with Gasteiger partial charge in [0.25, 0.3) is 5.91 Å². The molecule has 2 rings (SSSR count). The Bertz CT molecular complexity index is 601. The number of H-pyrrole nitrogens is 1. The average molecular weight is 343 g/mol. The molecule has 0 aliphatic rings. The van der Waals surface area contributed by atoms with Crippen LogP contribution in [0.2, 0.25) is 5.02 Å². The summed E-state index contributed by atoms with van der Waals surface area (Å²) in [6, 6.07) is 7.32. The maximum absolute atomic E-state index is 12.2. The zero-order valence-electron chi connectivity index (χ0n) is 12.4. The summed E-state index contributed by atoms with van der Waals surface area (Å²) in [5.74, 6) is -0.142. The topological polar surface area (TPSA) is 69.8 Å². The monoisotopic (exact) mass is 342 g/mol. The lowest BCUT2D eigenvalue weighted by molar-refractivity contribution is 0.0954. The van der Waals surface area contributed by atoms with Crippen LogP contribution in [0, 0.1) is 0 Å². The largest absolute Gasteiger partial charge is 0.351 e. The molecule has 1 aromatic carbocycles. The fraction of sp³-hybridized carbons (Fsp3) is 0.333. The van der Waals surface area contributed by atoms with Gasteiger partial charge in [-0.25, -0.2) is 0 Å². The van der Waals surface area contributed by atoms with Gasteiger partial charge in [0.15, 0.2) is 0 Å². The lowest BCUT2D eigenvalue weighted by atomic mass is 10.1. The average Bonchev–Trinajstić information content (AvgIpc) is 2.96. The van der Waals surface area contributed by atoms with E-state index >= 15 is 0 Å². The van der Waals surface area contributed by atoms with Crippen LogP contribution in [-0.2, 0) is 0 Å². The van der Waals surface area contributed by atoms with E-state index in [2.05, 4.69) is 27.8 Å². The summed E-state index contributed by atoms with van der Waals surface area (Å²) in [6.45, 7) is 4.40. The van der Waals surface area contributed by atoms with Crippen LogP contribution in [-0.4, -0.2) is 35.7 Å². The fourth-order valence-corrected chi connectivity index (χ4v) is 2.17. The van der Waals surface area contributed by atoms with Crippen LogP contribution in [0.3, 0.4) is 0 Å². The molecule has 0 spiro atoms. The molecule has 3 N–H and O–H groups in total. The third-order valence-corrected chi connectivity index (χ3v) is 3.25. The Morgan fingerprint density at radius 3 is 2.86 bits per heavy atom. The highest BCUT2D eigenvalue weighted by Gasteiger charge is 2.14. The van der Waals surface area contributed by atoms with Crippen LogP contribution in [0.1, 0.15) is 23.7 Å². The molecule has 5 nitrogen and oxygen atoms in total. The van der Waals surface area contributed by atoms with E-state index in [0.717, 1.165) is 25.1 Å². The van der Waals surface area contributed by atoms with Gasteiger partial charge in [-0.3, -0.25) is 9.89 Å². The second kappa shape index (κ2) is 9.46. The van der Waals surface area contributed by atoms with Gasteiger partial charge in [-0.2, -0.15) is 5.10 Å². The summed E-state index contributed by atoms with van der Waals surface area (Å²) >= 11 is 5.98. The van der Waals surface area contributed by atoms with E-state index in [9.17, 15) is 4.79 Å². The molecule has 2 aromatic rings. The number of hydrogen-bond acceptors (Lipinski definition) is 3. The summed E-state index contributed by atoms with van der Waals surface area (Å²) in [4.78, 5) is 12.2. The molecule has 0 saturated heterocycles. The van der Waals surface area contributed by atoms with Crippen LogP contribution in [0.5, 0.6) is 0 Å². The van der Waals surface area contributed by atoms with Gasteiger partial charge in [0.2, 0.25) is 0 Å². The first kappa shape index (κ1) is 18.5. The Kier molecular flexibility index (Phi) is 7.95. The third-order valence-electron chi connectivity index (χ3n) is 3.01. The Morgan fingerprint density at radius 2 is 2.14 bits per heavy atom. The lowest BCUT2D eigenvalue weighted by Crippen LogP contribution is -2.32. The molecule has 120 valence electrons. The molecule has 7 heteroatoms. The van der Waals surface area contributed by atoms with Gasteiger partial charge in [0.05, 0.1) is 17.5 Å². The maximum atomic E-state index is 12.2. The van der Waals surface area contributed by atoms with E-state index in [-0.39, 0.29) is 18.3 Å². The van der Waals surface area contributed by atoms with Crippen LogP contribution in [0.15, 0.2) is 30.5 Å². The Hall–Kier alpha value is -1.56. The van der Waals surface area contributed by atoms with E-state index in [1.165, 1.54) is 6.20 Å². The molecule has 0 fully saturated rings. The number of aromatic amines is 1. The lowest BCUT2D eigenvalue weighted by Gasteiger charge is -2.07. The minimum atomic E-state index is -0.142. The Labute approximate surface area is 141 Å². The highest BCUT2D eigenvalue weighted by molar-refractivity contribution is 6.30. The highest BCUT2D eigenvalue weighted by atomic mass is 35.5. The molecule has 22 heavy (non-hydrogen) atoms. The molecule has 0 unspecified atom stereocenters. The molecule has 1 amide bonds. The number of nitrogens with one attached hydrogen (secondary N) is 3. The number of amides is 1. The van der Waals surface area contributed by atoms with Crippen LogP contribution >= 0.6 is 24.0 Å². The molecule has 0 aliphatic carbocycles. The fourth-order valence-electron chi connectivity index (χ4n) is 1.98. The molecule has 0 aliphatic heterocycles. The van der Waals surface area contributed by atoms with Gasteiger partial charge >= 0.3 is 0 Å². The van der Waals surface area contributed by atoms with E-state index in [4.69, 9.17) is 11.6 Å². The zero-order chi connectivity index (χ0) is 15.1. The van der Waals surface area contributed by atoms with Crippen molar-refractivity contribution in [2.75, 3.05) is 19.6 Å². The van der Waals surface area contributed by atoms with Gasteiger partial charge in [-0.05, 0) is 25.1 Å². The second-order valence-corrected chi connectivity index (χ2v) is 5.11. The predicted molar refractivity (Wildman–Crippen MR) is 91.8 cm³/mol. The number of nitrogens with zero attached hydrogens (tertiary/aromatic N) is 1. The SMILES string of the molecule is CCCNCCNC(=O)c1cn[nH]c1-c1cccc(Cl)c1.Cl. The Morgan fingerprint density at radius 1 is 1.32 bits per heavy atom. The number of halogens is 2. The highest BCUT2D eigenvalue weighted by Crippen LogP contribution is 2.23. The second-order valence-electron chi connectivity index (χ2n) is 4.67. The van der Waals surface area contributed by atoms with E-state index in [1.54, 1.807) is 12.1 Å². The number of rotatable bonds is 7. The maximum Gasteiger partial charge on any atom is 0.255 e. The van der Waals surface area contributed by atoms with Gasteiger partial charge in [-0.1, -0.05) is 30.7 Å². The molecular formula is C15H20Cl2N4O. The van der Waals surface area contributed by atoms with Gasteiger partial charge in [0, 0.05) is 23.7 Å². The molecular weight excluding hydrogens is 323 g/mol. The van der Waals surface area contributed by atoms with Crippen molar-refractivity contribution in [3.8, 4) is 11.3 Å². The van der Waals surface area contributed by atoms with Crippen molar-refractivity contribution < 1.29 is 4.79 Å². The van der Waals surface area contributed by atoms with Crippen molar-refractivity contribution in [2.24, 2.45) is 0 Å². The number of benzene rings is 1. The van der Waals surface area contributed by atoms with Gasteiger partial charge < -0.3 is 10.6 Å². The minimum absolute atomic E-state index is 0. The number of hydrogen-bond donors (Lipinski definition) is 3. The molecule has 0 saturated carbocycles. The smallest absolute Gasteiger partial charge is 0.255 e. The van der Waals surface area contributed by atoms with Crippen LogP contribution in [0.25, 0.3) is 11.3 Å². The van der Waals surface area contributed by atoms with Gasteiger partial charge in [0.1, 0.15) is 0 Å². The van der Waals surface area contributed by atoms with Crippen molar-refractivity contribution in [2.45, 2.75) is 13.3 Å². The molecule has 0 radical (unpaired) electrons. The molecule has 0 atom stereocenters. The van der Waals surface area contributed by atoms with Crippen molar-refractivity contribution in [1.29, 1.82) is 0 Å². The quantitative estimate of drug-likeness (QED) is 0.677. The Balaban J connectivity index is 0.00000242. The van der Waals surface area contributed by atoms with Crippen molar-refractivity contribution in [3.63, 3.8) is 0 Å². The van der Waals surface area contributed by atoms with E-state index in [0.29, 0.717) is 22.8 Å². The number of carbonyl (C=O) groups is 1. The molecule has 1 aromatic heterocycles. The first-order valence-electron chi connectivity index (χ1n) is 7.00. The zero-order valence-corrected chi connectivity index (χ0v) is 13.9. The minimum Gasteiger partial charge on any atom is -0.351 e. The first-order chi connectivity index (χ1) is 10.2. The summed E-state index contributed by atoms with van der Waals surface area (Å²) in [5.41, 5.74) is 2.04. The van der Waals surface area contributed by atoms with Gasteiger partial charge in [-0.15, -0.1) is 12.4 Å². The summed E-state index contributed by atoms with van der Waals surface area (Å²) < 4.78 is 0. The number of carbonyl (C=O) groups excluding carboxylic acids is 1. The third kappa shape index (κ3) is 5.02. The van der Waals surface area contributed by atoms with Crippen LogP contribution in [0.4, 0.5) is 0 Å².